The molecular formula is C19H26N2O5S. The average Bonchev–Trinajstić information content (AvgIpc) is 3.03. The van der Waals surface area contributed by atoms with E-state index in [0.29, 0.717) is 19.5 Å². The molecule has 3 unspecified atom stereocenters. The number of piperidine rings is 1. The number of aliphatic carboxylic acids is 1. The van der Waals surface area contributed by atoms with Crippen LogP contribution < -0.4 is 0 Å². The van der Waals surface area contributed by atoms with Gasteiger partial charge in [-0.2, -0.15) is 4.31 Å². The van der Waals surface area contributed by atoms with Crippen LogP contribution in [0.3, 0.4) is 0 Å². The van der Waals surface area contributed by atoms with Crippen molar-refractivity contribution in [1.82, 2.24) is 9.21 Å². The molecule has 0 spiro atoms. The van der Waals surface area contributed by atoms with E-state index in [4.69, 9.17) is 0 Å². The van der Waals surface area contributed by atoms with E-state index >= 15 is 0 Å². The summed E-state index contributed by atoms with van der Waals surface area (Å²) in [5.74, 6) is -1.82. The van der Waals surface area contributed by atoms with Gasteiger partial charge in [-0.15, -0.1) is 0 Å². The first-order valence-electron chi connectivity index (χ1n) is 9.39. The molecule has 148 valence electrons. The largest absolute Gasteiger partial charge is 0.481 e. The van der Waals surface area contributed by atoms with Crippen LogP contribution in [0.25, 0.3) is 0 Å². The van der Waals surface area contributed by atoms with E-state index in [1.54, 1.807) is 19.1 Å². The summed E-state index contributed by atoms with van der Waals surface area (Å²) in [6.07, 6.45) is 3.10. The molecule has 0 aliphatic carbocycles. The molecule has 0 radical (unpaired) electrons. The zero-order valence-corrected chi connectivity index (χ0v) is 16.5. The number of sulfonamides is 1. The summed E-state index contributed by atoms with van der Waals surface area (Å²) in [4.78, 5) is 25.8. The van der Waals surface area contributed by atoms with Crippen molar-refractivity contribution in [1.29, 1.82) is 0 Å². The molecule has 2 saturated heterocycles. The number of carboxylic acids is 1. The second-order valence-corrected chi connectivity index (χ2v) is 9.35. The van der Waals surface area contributed by atoms with Crippen molar-refractivity contribution in [2.24, 2.45) is 5.92 Å². The lowest BCUT2D eigenvalue weighted by atomic mass is 10.0. The second-order valence-electron chi connectivity index (χ2n) is 7.46. The Morgan fingerprint density at radius 3 is 2.48 bits per heavy atom. The van der Waals surface area contributed by atoms with Gasteiger partial charge in [-0.1, -0.05) is 12.5 Å². The number of amides is 1. The van der Waals surface area contributed by atoms with Crippen LogP contribution in [0, 0.1) is 5.92 Å². The van der Waals surface area contributed by atoms with Crippen LogP contribution in [0.15, 0.2) is 29.2 Å². The van der Waals surface area contributed by atoms with Crippen molar-refractivity contribution in [3.63, 3.8) is 0 Å². The van der Waals surface area contributed by atoms with Crippen LogP contribution in [0.5, 0.6) is 0 Å². The molecule has 7 nitrogen and oxygen atoms in total. The molecule has 1 aromatic carbocycles. The van der Waals surface area contributed by atoms with Gasteiger partial charge in [0.25, 0.3) is 5.91 Å². The van der Waals surface area contributed by atoms with Crippen LogP contribution in [-0.2, 0) is 14.8 Å². The Labute approximate surface area is 160 Å². The third-order valence-electron chi connectivity index (χ3n) is 5.76. The molecule has 1 aromatic rings. The normalized spacial score (nSPS) is 26.9. The lowest BCUT2D eigenvalue weighted by Crippen LogP contribution is -2.42. The van der Waals surface area contributed by atoms with E-state index in [9.17, 15) is 23.1 Å². The minimum Gasteiger partial charge on any atom is -0.481 e. The molecule has 0 saturated carbocycles. The second kappa shape index (κ2) is 7.59. The summed E-state index contributed by atoms with van der Waals surface area (Å²) in [7, 11) is -3.66. The number of nitrogens with zero attached hydrogens (tertiary/aromatic N) is 2. The highest BCUT2D eigenvalue weighted by molar-refractivity contribution is 7.89. The monoisotopic (exact) mass is 394 g/mol. The predicted octanol–water partition coefficient (Wildman–Crippen LogP) is 2.18. The Hall–Kier alpha value is -1.93. The van der Waals surface area contributed by atoms with E-state index in [2.05, 4.69) is 0 Å². The molecule has 1 N–H and O–H groups in total. The van der Waals surface area contributed by atoms with Crippen molar-refractivity contribution in [2.45, 2.75) is 56.5 Å². The van der Waals surface area contributed by atoms with Crippen LogP contribution in [0.4, 0.5) is 0 Å². The van der Waals surface area contributed by atoms with E-state index in [1.807, 2.05) is 6.92 Å². The van der Waals surface area contributed by atoms with Gasteiger partial charge in [0.1, 0.15) is 0 Å². The van der Waals surface area contributed by atoms with E-state index in [1.165, 1.54) is 21.3 Å². The smallest absolute Gasteiger partial charge is 0.308 e. The first-order valence-corrected chi connectivity index (χ1v) is 10.8. The minimum absolute atomic E-state index is 0.0574. The number of hydrogen-bond donors (Lipinski definition) is 1. The fourth-order valence-electron chi connectivity index (χ4n) is 4.08. The molecular weight excluding hydrogens is 368 g/mol. The lowest BCUT2D eigenvalue weighted by molar-refractivity contribution is -0.142. The standard InChI is InChI=1S/C19H26N2O5S/c1-13-6-3-4-10-21(13)27(25,26)16-8-5-7-15(12-16)18(22)20-11-9-17(14(20)2)19(23)24/h5,7-8,12-14,17H,3-4,6,9-11H2,1-2H3,(H,23,24). The van der Waals surface area contributed by atoms with Gasteiger partial charge in [0, 0.05) is 30.7 Å². The third-order valence-corrected chi connectivity index (χ3v) is 7.77. The fraction of sp³-hybridized carbons (Fsp3) is 0.579. The summed E-state index contributed by atoms with van der Waals surface area (Å²) in [6, 6.07) is 5.61. The zero-order chi connectivity index (χ0) is 19.8. The third kappa shape index (κ3) is 3.73. The summed E-state index contributed by atoms with van der Waals surface area (Å²) in [5, 5.41) is 9.25. The van der Waals surface area contributed by atoms with Crippen molar-refractivity contribution >= 4 is 21.9 Å². The van der Waals surface area contributed by atoms with Crippen LogP contribution in [0.1, 0.15) is 49.9 Å². The number of likely N-dealkylation sites (tertiary alicyclic amines) is 1. The quantitative estimate of drug-likeness (QED) is 0.845. The SMILES string of the molecule is CC1C(C(=O)O)CCN1C(=O)c1cccc(S(=O)(=O)N2CCCCC2C)c1. The molecule has 2 heterocycles. The minimum atomic E-state index is -3.66. The number of carboxylic acid groups (broad SMARTS) is 1. The highest BCUT2D eigenvalue weighted by atomic mass is 32.2. The van der Waals surface area contributed by atoms with Gasteiger partial charge in [0.05, 0.1) is 10.8 Å². The first kappa shape index (κ1) is 19.8. The van der Waals surface area contributed by atoms with Gasteiger partial charge in [0.2, 0.25) is 10.0 Å². The van der Waals surface area contributed by atoms with Crippen molar-refractivity contribution in [3.8, 4) is 0 Å². The molecule has 1 amide bonds. The molecule has 2 aliphatic rings. The van der Waals surface area contributed by atoms with Crippen LogP contribution >= 0.6 is 0 Å². The number of rotatable bonds is 4. The van der Waals surface area contributed by atoms with Gasteiger partial charge in [-0.25, -0.2) is 8.42 Å². The Morgan fingerprint density at radius 1 is 1.11 bits per heavy atom. The van der Waals surface area contributed by atoms with Gasteiger partial charge >= 0.3 is 5.97 Å². The summed E-state index contributed by atoms with van der Waals surface area (Å²) >= 11 is 0. The van der Waals surface area contributed by atoms with E-state index in [0.717, 1.165) is 19.3 Å². The van der Waals surface area contributed by atoms with Crippen molar-refractivity contribution < 1.29 is 23.1 Å². The number of carbonyl (C=O) groups is 2. The molecule has 3 rings (SSSR count). The predicted molar refractivity (Wildman–Crippen MR) is 99.9 cm³/mol. The summed E-state index contributed by atoms with van der Waals surface area (Å²) in [5.41, 5.74) is 0.277. The van der Waals surface area contributed by atoms with E-state index in [-0.39, 0.29) is 22.4 Å². The first-order chi connectivity index (χ1) is 12.7. The topological polar surface area (TPSA) is 95.0 Å². The van der Waals surface area contributed by atoms with Crippen LogP contribution in [-0.4, -0.2) is 59.8 Å². The van der Waals surface area contributed by atoms with Crippen LogP contribution in [0.2, 0.25) is 0 Å². The lowest BCUT2D eigenvalue weighted by Gasteiger charge is -2.32. The molecule has 0 aromatic heterocycles. The molecule has 2 fully saturated rings. The Kier molecular flexibility index (Phi) is 5.58. The highest BCUT2D eigenvalue weighted by Crippen LogP contribution is 2.28. The van der Waals surface area contributed by atoms with Gasteiger partial charge in [0.15, 0.2) is 0 Å². The molecule has 3 atom stereocenters. The molecule has 2 aliphatic heterocycles. The van der Waals surface area contributed by atoms with E-state index < -0.39 is 28.0 Å². The Bertz CT molecular complexity index is 838. The summed E-state index contributed by atoms with van der Waals surface area (Å²) < 4.78 is 27.6. The number of benzene rings is 1. The maximum atomic E-state index is 13.0. The fourth-order valence-corrected chi connectivity index (χ4v) is 5.82. The molecule has 8 heteroatoms. The number of hydrogen-bond acceptors (Lipinski definition) is 4. The number of carbonyl (C=O) groups excluding carboxylic acids is 1. The summed E-state index contributed by atoms with van der Waals surface area (Å²) in [6.45, 7) is 4.48. The van der Waals surface area contributed by atoms with Gasteiger partial charge in [-0.3, -0.25) is 9.59 Å². The van der Waals surface area contributed by atoms with Gasteiger partial charge in [-0.05, 0) is 51.3 Å². The van der Waals surface area contributed by atoms with Gasteiger partial charge < -0.3 is 10.0 Å². The van der Waals surface area contributed by atoms with Crippen molar-refractivity contribution in [2.75, 3.05) is 13.1 Å². The molecule has 0 bridgehead atoms. The van der Waals surface area contributed by atoms with Crippen molar-refractivity contribution in [3.05, 3.63) is 29.8 Å². The maximum Gasteiger partial charge on any atom is 0.308 e. The average molecular weight is 394 g/mol. The molecule has 27 heavy (non-hydrogen) atoms. The highest BCUT2D eigenvalue weighted by Gasteiger charge is 2.39. The Balaban J connectivity index is 1.85. The zero-order valence-electron chi connectivity index (χ0n) is 15.7. The Morgan fingerprint density at radius 2 is 1.85 bits per heavy atom. The maximum absolute atomic E-state index is 13.0.